The highest BCUT2D eigenvalue weighted by atomic mass is 19.1. The van der Waals surface area contributed by atoms with E-state index < -0.39 is 11.2 Å². The molecular formula is C23H31FN2O3. The second kappa shape index (κ2) is 7.71. The minimum absolute atomic E-state index is 0.0219. The predicted octanol–water partition coefficient (Wildman–Crippen LogP) is 3.54. The fourth-order valence-corrected chi connectivity index (χ4v) is 5.79. The van der Waals surface area contributed by atoms with E-state index in [1.54, 1.807) is 19.2 Å². The lowest BCUT2D eigenvalue weighted by atomic mass is 9.70. The second-order valence-corrected chi connectivity index (χ2v) is 8.88. The molecule has 3 aliphatic rings. The minimum atomic E-state index is -0.542. The summed E-state index contributed by atoms with van der Waals surface area (Å²) in [6, 6.07) is 4.64. The average Bonchev–Trinajstić information content (AvgIpc) is 3.29. The summed E-state index contributed by atoms with van der Waals surface area (Å²) in [4.78, 5) is 30.7. The number of carbonyl (C=O) groups is 2. The van der Waals surface area contributed by atoms with Gasteiger partial charge >= 0.3 is 0 Å². The molecule has 0 radical (unpaired) electrons. The Bertz CT molecular complexity index is 805. The Morgan fingerprint density at radius 1 is 1.21 bits per heavy atom. The molecule has 5 nitrogen and oxygen atoms in total. The maximum atomic E-state index is 14.5. The maximum absolute atomic E-state index is 14.5. The van der Waals surface area contributed by atoms with Crippen molar-refractivity contribution in [2.45, 2.75) is 70.6 Å². The lowest BCUT2D eigenvalue weighted by Gasteiger charge is -2.41. The summed E-state index contributed by atoms with van der Waals surface area (Å²) < 4.78 is 19.9. The zero-order valence-electron chi connectivity index (χ0n) is 17.6. The van der Waals surface area contributed by atoms with Crippen LogP contribution in [0.25, 0.3) is 0 Å². The maximum Gasteiger partial charge on any atom is 0.257 e. The highest BCUT2D eigenvalue weighted by Crippen LogP contribution is 2.53. The van der Waals surface area contributed by atoms with Crippen LogP contribution in [-0.2, 0) is 9.53 Å². The van der Waals surface area contributed by atoms with E-state index in [4.69, 9.17) is 4.74 Å². The molecule has 29 heavy (non-hydrogen) atoms. The lowest BCUT2D eigenvalue weighted by Crippen LogP contribution is -2.53. The molecule has 0 unspecified atom stereocenters. The first-order valence-corrected chi connectivity index (χ1v) is 10.8. The van der Waals surface area contributed by atoms with Gasteiger partial charge in [-0.3, -0.25) is 9.59 Å². The number of methoxy groups -OCH3 is 1. The van der Waals surface area contributed by atoms with Crippen molar-refractivity contribution in [1.82, 2.24) is 9.80 Å². The molecule has 0 N–H and O–H groups in total. The van der Waals surface area contributed by atoms with Gasteiger partial charge in [0, 0.05) is 32.3 Å². The van der Waals surface area contributed by atoms with Crippen LogP contribution in [0.5, 0.6) is 0 Å². The number of amides is 2. The Morgan fingerprint density at radius 2 is 1.93 bits per heavy atom. The standard InChI is InChI=1S/C23H31FN2O3/c1-4-23(22(28)25-11-9-17(29-3)10-12-25)14-16-6-8-20(23)26(16)21(27)18-7-5-15(2)13-19(18)24/h5,7,13,16-17,20H,4,6,8-12,14H2,1-3H3/t16-,20+,23+/m1/s1. The van der Waals surface area contributed by atoms with E-state index >= 15 is 0 Å². The van der Waals surface area contributed by atoms with Gasteiger partial charge in [-0.2, -0.15) is 0 Å². The van der Waals surface area contributed by atoms with E-state index in [9.17, 15) is 14.0 Å². The first-order chi connectivity index (χ1) is 13.9. The van der Waals surface area contributed by atoms with Crippen LogP contribution in [0.3, 0.4) is 0 Å². The number of piperidine rings is 1. The molecule has 158 valence electrons. The largest absolute Gasteiger partial charge is 0.381 e. The summed E-state index contributed by atoms with van der Waals surface area (Å²) in [6.07, 6.45) is 5.04. The number of benzene rings is 1. The van der Waals surface area contributed by atoms with E-state index in [0.29, 0.717) is 25.9 Å². The van der Waals surface area contributed by atoms with Crippen molar-refractivity contribution in [1.29, 1.82) is 0 Å². The summed E-state index contributed by atoms with van der Waals surface area (Å²) >= 11 is 0. The van der Waals surface area contributed by atoms with Gasteiger partial charge < -0.3 is 14.5 Å². The number of hydrogen-bond donors (Lipinski definition) is 0. The number of rotatable bonds is 4. The number of hydrogen-bond acceptors (Lipinski definition) is 3. The smallest absolute Gasteiger partial charge is 0.257 e. The number of carbonyl (C=O) groups excluding carboxylic acids is 2. The van der Waals surface area contributed by atoms with Crippen LogP contribution in [0.4, 0.5) is 4.39 Å². The first kappa shape index (κ1) is 20.3. The molecule has 0 saturated carbocycles. The third-order valence-corrected chi connectivity index (χ3v) is 7.45. The van der Waals surface area contributed by atoms with Crippen LogP contribution in [0.2, 0.25) is 0 Å². The molecular weight excluding hydrogens is 371 g/mol. The predicted molar refractivity (Wildman–Crippen MR) is 108 cm³/mol. The van der Waals surface area contributed by atoms with Gasteiger partial charge in [0.15, 0.2) is 0 Å². The number of fused-ring (bicyclic) bond motifs is 2. The molecule has 3 heterocycles. The molecule has 3 saturated heterocycles. The summed E-state index contributed by atoms with van der Waals surface area (Å²) in [5, 5.41) is 0. The van der Waals surface area contributed by atoms with Crippen molar-refractivity contribution in [2.75, 3.05) is 20.2 Å². The summed E-state index contributed by atoms with van der Waals surface area (Å²) in [5.74, 6) is -0.573. The summed E-state index contributed by atoms with van der Waals surface area (Å²) in [6.45, 7) is 5.27. The molecule has 0 spiro atoms. The molecule has 0 aromatic heterocycles. The zero-order valence-corrected chi connectivity index (χ0v) is 17.6. The Labute approximate surface area is 172 Å². The van der Waals surface area contributed by atoms with Crippen molar-refractivity contribution in [2.24, 2.45) is 5.41 Å². The van der Waals surface area contributed by atoms with Crippen molar-refractivity contribution in [3.8, 4) is 0 Å². The van der Waals surface area contributed by atoms with Gasteiger partial charge in [-0.1, -0.05) is 13.0 Å². The van der Waals surface area contributed by atoms with Crippen LogP contribution in [-0.4, -0.2) is 60.0 Å². The van der Waals surface area contributed by atoms with Crippen LogP contribution in [0.1, 0.15) is 61.4 Å². The third kappa shape index (κ3) is 3.25. The fourth-order valence-electron chi connectivity index (χ4n) is 5.79. The second-order valence-electron chi connectivity index (χ2n) is 8.88. The Morgan fingerprint density at radius 3 is 2.55 bits per heavy atom. The normalized spacial score (nSPS) is 29.5. The van der Waals surface area contributed by atoms with E-state index in [1.165, 1.54) is 6.07 Å². The molecule has 4 rings (SSSR count). The molecule has 3 aliphatic heterocycles. The Balaban J connectivity index is 1.58. The number of halogens is 1. The number of likely N-dealkylation sites (tertiary alicyclic amines) is 1. The van der Waals surface area contributed by atoms with Gasteiger partial charge in [0.1, 0.15) is 5.82 Å². The highest BCUT2D eigenvalue weighted by molar-refractivity contribution is 5.97. The van der Waals surface area contributed by atoms with Crippen molar-refractivity contribution in [3.05, 3.63) is 35.1 Å². The van der Waals surface area contributed by atoms with Gasteiger partial charge in [-0.05, 0) is 63.1 Å². The van der Waals surface area contributed by atoms with Crippen LogP contribution in [0, 0.1) is 18.2 Å². The molecule has 3 atom stereocenters. The van der Waals surface area contributed by atoms with Crippen molar-refractivity contribution >= 4 is 11.8 Å². The quantitative estimate of drug-likeness (QED) is 0.774. The number of aryl methyl sites for hydroxylation is 1. The van der Waals surface area contributed by atoms with Crippen molar-refractivity contribution in [3.63, 3.8) is 0 Å². The van der Waals surface area contributed by atoms with Gasteiger partial charge in [-0.25, -0.2) is 4.39 Å². The van der Waals surface area contributed by atoms with Crippen LogP contribution in [0.15, 0.2) is 18.2 Å². The monoisotopic (exact) mass is 402 g/mol. The average molecular weight is 403 g/mol. The summed E-state index contributed by atoms with van der Waals surface area (Å²) in [5.41, 5.74) is 0.369. The first-order valence-electron chi connectivity index (χ1n) is 10.8. The molecule has 2 bridgehead atoms. The van der Waals surface area contributed by atoms with Gasteiger partial charge in [0.05, 0.1) is 17.1 Å². The zero-order chi connectivity index (χ0) is 20.8. The summed E-state index contributed by atoms with van der Waals surface area (Å²) in [7, 11) is 1.72. The molecule has 2 amide bonds. The molecule has 1 aromatic carbocycles. The van der Waals surface area contributed by atoms with Gasteiger partial charge in [0.2, 0.25) is 5.91 Å². The molecule has 0 aliphatic carbocycles. The Hall–Kier alpha value is -1.95. The molecule has 6 heteroatoms. The van der Waals surface area contributed by atoms with Gasteiger partial charge in [0.25, 0.3) is 5.91 Å². The third-order valence-electron chi connectivity index (χ3n) is 7.45. The fraction of sp³-hybridized carbons (Fsp3) is 0.652. The van der Waals surface area contributed by atoms with Gasteiger partial charge in [-0.15, -0.1) is 0 Å². The molecule has 3 fully saturated rings. The number of nitrogens with zero attached hydrogens (tertiary/aromatic N) is 2. The van der Waals surface area contributed by atoms with E-state index in [0.717, 1.165) is 31.2 Å². The van der Waals surface area contributed by atoms with E-state index in [1.807, 2.05) is 16.7 Å². The Kier molecular flexibility index (Phi) is 5.40. The highest BCUT2D eigenvalue weighted by Gasteiger charge is 2.61. The molecule has 1 aromatic rings. The van der Waals surface area contributed by atoms with E-state index in [2.05, 4.69) is 6.92 Å². The SMILES string of the molecule is CC[C@]1(C(=O)N2CCC(OC)CC2)C[C@H]2CC[C@@H]1N2C(=O)c1ccc(C)cc1F. The lowest BCUT2D eigenvalue weighted by molar-refractivity contribution is -0.146. The van der Waals surface area contributed by atoms with Crippen LogP contribution < -0.4 is 0 Å². The minimum Gasteiger partial charge on any atom is -0.381 e. The van der Waals surface area contributed by atoms with E-state index in [-0.39, 0.29) is 35.6 Å². The van der Waals surface area contributed by atoms with Crippen LogP contribution >= 0.6 is 0 Å². The van der Waals surface area contributed by atoms with Crippen molar-refractivity contribution < 1.29 is 18.7 Å². The number of ether oxygens (including phenoxy) is 1. The topological polar surface area (TPSA) is 49.9 Å².